The Labute approximate surface area is 228 Å². The molecule has 210 valence electrons. The Bertz CT molecular complexity index is 1400. The van der Waals surface area contributed by atoms with E-state index in [1.54, 1.807) is 11.0 Å². The summed E-state index contributed by atoms with van der Waals surface area (Å²) in [7, 11) is 0. The lowest BCUT2D eigenvalue weighted by atomic mass is 9.99. The van der Waals surface area contributed by atoms with Crippen molar-refractivity contribution in [1.29, 1.82) is 0 Å². The number of carbonyl (C=O) groups excluding carboxylic acids is 2. The summed E-state index contributed by atoms with van der Waals surface area (Å²) in [6, 6.07) is 10.7. The fourth-order valence-corrected chi connectivity index (χ4v) is 4.44. The maximum Gasteiger partial charge on any atom is 0.416 e. The van der Waals surface area contributed by atoms with Crippen LogP contribution in [0, 0.1) is 11.7 Å². The van der Waals surface area contributed by atoms with Crippen molar-refractivity contribution in [1.82, 2.24) is 4.98 Å². The number of Topliss-reactive ketones (excluding diaryl/α,β-unsaturated/α-hetero) is 1. The first kappa shape index (κ1) is 27.6. The fourth-order valence-electron chi connectivity index (χ4n) is 4.44. The van der Waals surface area contributed by atoms with Crippen LogP contribution in [0.1, 0.15) is 29.5 Å². The maximum atomic E-state index is 14.8. The first-order valence-electron chi connectivity index (χ1n) is 12.9. The molecular weight excluding hydrogens is 530 g/mol. The number of ketones is 1. The highest BCUT2D eigenvalue weighted by Crippen LogP contribution is 2.34. The third-order valence-corrected chi connectivity index (χ3v) is 6.64. The van der Waals surface area contributed by atoms with Crippen LogP contribution < -0.4 is 15.0 Å². The number of rotatable bonds is 9. The number of morpholine rings is 1. The molecule has 0 radical (unpaired) electrons. The Hall–Kier alpha value is -3.99. The predicted molar refractivity (Wildman–Crippen MR) is 139 cm³/mol. The summed E-state index contributed by atoms with van der Waals surface area (Å²) in [6.45, 7) is 1.74. The van der Waals surface area contributed by atoms with Crippen LogP contribution in [0.15, 0.2) is 54.7 Å². The van der Waals surface area contributed by atoms with Crippen molar-refractivity contribution in [3.8, 4) is 11.5 Å². The second-order valence-electron chi connectivity index (χ2n) is 9.88. The van der Waals surface area contributed by atoms with E-state index in [0.29, 0.717) is 43.4 Å². The quantitative estimate of drug-likeness (QED) is 0.347. The van der Waals surface area contributed by atoms with Gasteiger partial charge in [-0.25, -0.2) is 9.37 Å². The van der Waals surface area contributed by atoms with Crippen molar-refractivity contribution in [2.75, 3.05) is 36.5 Å². The highest BCUT2D eigenvalue weighted by molar-refractivity contribution is 5.93. The average Bonchev–Trinajstić information content (AvgIpc) is 3.76. The number of benzene rings is 2. The summed E-state index contributed by atoms with van der Waals surface area (Å²) < 4.78 is 66.3. The molecule has 0 atom stereocenters. The molecule has 1 aliphatic heterocycles. The number of pyridine rings is 1. The third-order valence-electron chi connectivity index (χ3n) is 6.64. The normalized spacial score (nSPS) is 15.6. The minimum absolute atomic E-state index is 0.000487. The molecule has 1 amide bonds. The largest absolute Gasteiger partial charge is 0.454 e. The number of carbonyl (C=O) groups is 2. The summed E-state index contributed by atoms with van der Waals surface area (Å²) in [6.07, 6.45) is -1.83. The van der Waals surface area contributed by atoms with E-state index in [0.717, 1.165) is 31.0 Å². The Morgan fingerprint density at radius 2 is 1.75 bits per heavy atom. The average molecular weight is 558 g/mol. The van der Waals surface area contributed by atoms with Crippen LogP contribution in [0.5, 0.6) is 11.5 Å². The lowest BCUT2D eigenvalue weighted by Crippen LogP contribution is -2.36. The number of nitrogens with one attached hydrogen (secondary N) is 1. The summed E-state index contributed by atoms with van der Waals surface area (Å²) in [5.41, 5.74) is 0.171. The van der Waals surface area contributed by atoms with Crippen molar-refractivity contribution >= 4 is 23.2 Å². The van der Waals surface area contributed by atoms with E-state index in [2.05, 4.69) is 10.3 Å². The minimum Gasteiger partial charge on any atom is -0.454 e. The summed E-state index contributed by atoms with van der Waals surface area (Å²) in [5, 5.41) is 2.70. The number of alkyl halides is 3. The van der Waals surface area contributed by atoms with Gasteiger partial charge in [0.25, 0.3) is 0 Å². The maximum absolute atomic E-state index is 14.8. The predicted octanol–water partition coefficient (Wildman–Crippen LogP) is 5.57. The van der Waals surface area contributed by atoms with Crippen LogP contribution in [0.4, 0.5) is 29.1 Å². The van der Waals surface area contributed by atoms with Crippen molar-refractivity contribution in [3.63, 3.8) is 0 Å². The highest BCUT2D eigenvalue weighted by atomic mass is 19.4. The Balaban J connectivity index is 1.24. The molecule has 1 aliphatic carbocycles. The van der Waals surface area contributed by atoms with Gasteiger partial charge in [0.05, 0.1) is 18.8 Å². The Morgan fingerprint density at radius 3 is 2.45 bits per heavy atom. The zero-order chi connectivity index (χ0) is 28.3. The molecule has 0 unspecified atom stereocenters. The standard InChI is InChI=1S/C29H27F4N3O4/c30-25-15-18(1-4-26(25)40-24-5-6-34-27(17-24)35-28(38)20-2-3-20)13-23(37)14-19-11-21(29(31,32)33)16-22(12-19)36-7-9-39-10-8-36/h1,4-6,11-12,15-17,20H,2-3,7-10,13-14H2,(H,34,35,38). The molecule has 1 saturated carbocycles. The molecule has 2 heterocycles. The Kier molecular flexibility index (Phi) is 8.02. The van der Waals surface area contributed by atoms with E-state index in [1.807, 2.05) is 0 Å². The van der Waals surface area contributed by atoms with Gasteiger partial charge in [0.2, 0.25) is 5.91 Å². The van der Waals surface area contributed by atoms with Gasteiger partial charge >= 0.3 is 6.18 Å². The lowest BCUT2D eigenvalue weighted by molar-refractivity contribution is -0.137. The zero-order valence-electron chi connectivity index (χ0n) is 21.5. The SMILES string of the molecule is O=C(Cc1cc(N2CCOCC2)cc(C(F)(F)F)c1)Cc1ccc(Oc2ccnc(NC(=O)C3CC3)c2)c(F)c1. The fraction of sp³-hybridized carbons (Fsp3) is 0.345. The van der Waals surface area contributed by atoms with Gasteiger partial charge in [-0.3, -0.25) is 9.59 Å². The van der Waals surface area contributed by atoms with Gasteiger partial charge in [0.15, 0.2) is 11.6 Å². The van der Waals surface area contributed by atoms with Crippen molar-refractivity contribution in [2.45, 2.75) is 31.9 Å². The Morgan fingerprint density at radius 1 is 1.00 bits per heavy atom. The van der Waals surface area contributed by atoms with Crippen molar-refractivity contribution in [2.24, 2.45) is 5.92 Å². The zero-order valence-corrected chi connectivity index (χ0v) is 21.5. The second kappa shape index (κ2) is 11.6. The number of hydrogen-bond acceptors (Lipinski definition) is 6. The van der Waals surface area contributed by atoms with Gasteiger partial charge in [0.1, 0.15) is 17.4 Å². The highest BCUT2D eigenvalue weighted by Gasteiger charge is 2.32. The number of nitrogens with zero attached hydrogens (tertiary/aromatic N) is 2. The number of aromatic nitrogens is 1. The summed E-state index contributed by atoms with van der Waals surface area (Å²) in [4.78, 5) is 30.6. The van der Waals surface area contributed by atoms with Gasteiger partial charge < -0.3 is 19.7 Å². The van der Waals surface area contributed by atoms with Gasteiger partial charge in [-0.05, 0) is 60.4 Å². The third kappa shape index (κ3) is 7.15. The first-order valence-corrected chi connectivity index (χ1v) is 12.9. The molecule has 5 rings (SSSR count). The van der Waals surface area contributed by atoms with E-state index in [4.69, 9.17) is 9.47 Å². The van der Waals surface area contributed by atoms with Gasteiger partial charge in [-0.1, -0.05) is 6.07 Å². The molecule has 11 heteroatoms. The molecule has 2 aromatic carbocycles. The molecular formula is C29H27F4N3O4. The summed E-state index contributed by atoms with van der Waals surface area (Å²) in [5.74, 6) is -0.709. The van der Waals surface area contributed by atoms with Crippen molar-refractivity contribution < 1.29 is 36.6 Å². The topological polar surface area (TPSA) is 80.8 Å². The number of hydrogen-bond donors (Lipinski definition) is 1. The van der Waals surface area contributed by atoms with Gasteiger partial charge in [-0.15, -0.1) is 0 Å². The molecule has 3 aromatic rings. The molecule has 7 nitrogen and oxygen atoms in total. The monoisotopic (exact) mass is 557 g/mol. The number of ether oxygens (including phenoxy) is 2. The minimum atomic E-state index is -4.56. The smallest absolute Gasteiger partial charge is 0.416 e. The molecule has 40 heavy (non-hydrogen) atoms. The van der Waals surface area contributed by atoms with E-state index < -0.39 is 17.6 Å². The van der Waals surface area contributed by atoms with E-state index in [1.165, 1.54) is 30.5 Å². The van der Waals surface area contributed by atoms with Crippen LogP contribution in [0.3, 0.4) is 0 Å². The van der Waals surface area contributed by atoms with Crippen LogP contribution in [0.25, 0.3) is 0 Å². The number of halogens is 4. The van der Waals surface area contributed by atoms with Crippen molar-refractivity contribution in [3.05, 3.63) is 77.2 Å². The molecule has 1 N–H and O–H groups in total. The molecule has 0 bridgehead atoms. The molecule has 2 fully saturated rings. The van der Waals surface area contributed by atoms with E-state index >= 15 is 0 Å². The van der Waals surface area contributed by atoms with Crippen LogP contribution in [-0.4, -0.2) is 43.0 Å². The lowest BCUT2D eigenvalue weighted by Gasteiger charge is -2.29. The molecule has 1 saturated heterocycles. The van der Waals surface area contributed by atoms with Gasteiger partial charge in [0, 0.05) is 49.8 Å². The van der Waals surface area contributed by atoms with Crippen LogP contribution >= 0.6 is 0 Å². The van der Waals surface area contributed by atoms with Crippen LogP contribution in [-0.2, 0) is 33.3 Å². The number of anilines is 2. The second-order valence-corrected chi connectivity index (χ2v) is 9.88. The van der Waals surface area contributed by atoms with Crippen LogP contribution in [0.2, 0.25) is 0 Å². The van der Waals surface area contributed by atoms with E-state index in [9.17, 15) is 27.2 Å². The molecule has 1 aromatic heterocycles. The number of amides is 1. The molecule has 0 spiro atoms. The first-order chi connectivity index (χ1) is 19.1. The van der Waals surface area contributed by atoms with E-state index in [-0.39, 0.29) is 47.5 Å². The molecule has 2 aliphatic rings. The van der Waals surface area contributed by atoms with Gasteiger partial charge in [-0.2, -0.15) is 13.2 Å². The summed E-state index contributed by atoms with van der Waals surface area (Å²) >= 11 is 0.